The molecular formula is C32H40ClN3O4S. The molecular weight excluding hydrogens is 558 g/mol. The van der Waals surface area contributed by atoms with Gasteiger partial charge in [0.1, 0.15) is 6.04 Å². The second-order valence-electron chi connectivity index (χ2n) is 10.3. The third-order valence-electron chi connectivity index (χ3n) is 7.01. The lowest BCUT2D eigenvalue weighted by Gasteiger charge is -2.32. The number of halogens is 1. The van der Waals surface area contributed by atoms with Gasteiger partial charge in [0.2, 0.25) is 21.8 Å². The minimum atomic E-state index is -3.62. The highest BCUT2D eigenvalue weighted by Crippen LogP contribution is 2.27. The van der Waals surface area contributed by atoms with E-state index in [9.17, 15) is 18.0 Å². The summed E-state index contributed by atoms with van der Waals surface area (Å²) in [7, 11) is -3.62. The van der Waals surface area contributed by atoms with Crippen molar-refractivity contribution in [3.05, 3.63) is 100 Å². The molecule has 0 bridgehead atoms. The van der Waals surface area contributed by atoms with Crippen LogP contribution in [0.1, 0.15) is 48.4 Å². The maximum atomic E-state index is 13.9. The first kappa shape index (κ1) is 32.2. The maximum absolute atomic E-state index is 13.9. The molecule has 0 aliphatic heterocycles. The summed E-state index contributed by atoms with van der Waals surface area (Å²) in [6, 6.07) is 21.9. The van der Waals surface area contributed by atoms with Gasteiger partial charge in [-0.15, -0.1) is 0 Å². The van der Waals surface area contributed by atoms with Gasteiger partial charge in [0.15, 0.2) is 0 Å². The molecule has 0 saturated heterocycles. The predicted octanol–water partition coefficient (Wildman–Crippen LogP) is 5.67. The van der Waals surface area contributed by atoms with Crippen LogP contribution in [-0.4, -0.2) is 50.5 Å². The third-order valence-corrected chi connectivity index (χ3v) is 8.43. The monoisotopic (exact) mass is 597 g/mol. The number of carbonyl (C=O) groups is 2. The van der Waals surface area contributed by atoms with Crippen molar-refractivity contribution in [1.29, 1.82) is 0 Å². The molecule has 0 radical (unpaired) electrons. The summed E-state index contributed by atoms with van der Waals surface area (Å²) in [4.78, 5) is 29.1. The van der Waals surface area contributed by atoms with Crippen LogP contribution in [0.5, 0.6) is 0 Å². The van der Waals surface area contributed by atoms with Gasteiger partial charge >= 0.3 is 0 Å². The van der Waals surface area contributed by atoms with Gasteiger partial charge in [-0.25, -0.2) is 8.42 Å². The van der Waals surface area contributed by atoms with Crippen LogP contribution in [0.15, 0.2) is 72.8 Å². The molecule has 1 atom stereocenters. The van der Waals surface area contributed by atoms with Crippen molar-refractivity contribution in [3.8, 4) is 0 Å². The van der Waals surface area contributed by atoms with E-state index in [1.54, 1.807) is 23.1 Å². The molecule has 3 rings (SSSR count). The number of aryl methyl sites for hydroxylation is 2. The van der Waals surface area contributed by atoms with Crippen LogP contribution in [0, 0.1) is 13.8 Å². The summed E-state index contributed by atoms with van der Waals surface area (Å²) in [6.45, 7) is 6.68. The minimum Gasteiger partial charge on any atom is -0.354 e. The normalized spacial score (nSPS) is 12.0. The van der Waals surface area contributed by atoms with Crippen molar-refractivity contribution in [3.63, 3.8) is 0 Å². The molecule has 0 aliphatic rings. The highest BCUT2D eigenvalue weighted by Gasteiger charge is 2.30. The average molecular weight is 598 g/mol. The third kappa shape index (κ3) is 9.33. The lowest BCUT2D eigenvalue weighted by Crippen LogP contribution is -2.50. The standard InChI is InChI=1S/C32H40ClN3O4S/c1-5-19-34-32(38)30(21-26-13-7-6-8-14-26)35(23-27-15-10-9-12-24(27)2)31(37)16-11-20-36(41(4,39)40)29-22-28(33)18-17-25(29)3/h6-10,12-15,17-18,22,30H,5,11,16,19-21,23H2,1-4H3,(H,34,38)/t30-/m1/s1. The summed E-state index contributed by atoms with van der Waals surface area (Å²) in [5.41, 5.74) is 4.19. The number of benzene rings is 3. The molecule has 0 aliphatic carbocycles. The number of sulfonamides is 1. The smallest absolute Gasteiger partial charge is 0.243 e. The fourth-order valence-corrected chi connectivity index (χ4v) is 5.91. The Morgan fingerprint density at radius 3 is 2.29 bits per heavy atom. The number of nitrogens with zero attached hydrogens (tertiary/aromatic N) is 2. The number of rotatable bonds is 14. The molecule has 3 aromatic rings. The van der Waals surface area contributed by atoms with E-state index in [-0.39, 0.29) is 37.7 Å². The van der Waals surface area contributed by atoms with Crippen LogP contribution >= 0.6 is 11.6 Å². The van der Waals surface area contributed by atoms with Gasteiger partial charge in [-0.3, -0.25) is 13.9 Å². The van der Waals surface area contributed by atoms with E-state index in [0.29, 0.717) is 23.7 Å². The predicted molar refractivity (Wildman–Crippen MR) is 167 cm³/mol. The van der Waals surface area contributed by atoms with Gasteiger partial charge in [0.05, 0.1) is 11.9 Å². The lowest BCUT2D eigenvalue weighted by atomic mass is 10.0. The highest BCUT2D eigenvalue weighted by molar-refractivity contribution is 7.92. The van der Waals surface area contributed by atoms with Crippen LogP contribution in [0.2, 0.25) is 5.02 Å². The van der Waals surface area contributed by atoms with E-state index in [4.69, 9.17) is 11.6 Å². The van der Waals surface area contributed by atoms with Crippen LogP contribution in [0.3, 0.4) is 0 Å². The van der Waals surface area contributed by atoms with Crippen molar-refractivity contribution in [1.82, 2.24) is 10.2 Å². The first-order chi connectivity index (χ1) is 19.5. The first-order valence-electron chi connectivity index (χ1n) is 13.9. The molecule has 41 heavy (non-hydrogen) atoms. The quantitative estimate of drug-likeness (QED) is 0.259. The van der Waals surface area contributed by atoms with E-state index >= 15 is 0 Å². The fourth-order valence-electron chi connectivity index (χ4n) is 4.72. The Labute approximate surface area is 249 Å². The lowest BCUT2D eigenvalue weighted by molar-refractivity contribution is -0.141. The zero-order valence-electron chi connectivity index (χ0n) is 24.3. The molecule has 0 aromatic heterocycles. The molecule has 0 saturated carbocycles. The average Bonchev–Trinajstić information content (AvgIpc) is 2.94. The zero-order valence-corrected chi connectivity index (χ0v) is 25.8. The molecule has 0 unspecified atom stereocenters. The molecule has 2 amide bonds. The molecule has 7 nitrogen and oxygen atoms in total. The topological polar surface area (TPSA) is 86.8 Å². The van der Waals surface area contributed by atoms with Gasteiger partial charge < -0.3 is 10.2 Å². The summed E-state index contributed by atoms with van der Waals surface area (Å²) >= 11 is 6.17. The van der Waals surface area contributed by atoms with Crippen molar-refractivity contribution in [2.24, 2.45) is 0 Å². The Kier molecular flexibility index (Phi) is 11.8. The largest absolute Gasteiger partial charge is 0.354 e. The van der Waals surface area contributed by atoms with E-state index in [1.807, 2.05) is 75.4 Å². The van der Waals surface area contributed by atoms with Gasteiger partial charge in [-0.05, 0) is 61.1 Å². The Hall–Kier alpha value is -3.36. The number of nitrogens with one attached hydrogen (secondary N) is 1. The number of anilines is 1. The van der Waals surface area contributed by atoms with E-state index < -0.39 is 16.1 Å². The number of carbonyl (C=O) groups excluding carboxylic acids is 2. The minimum absolute atomic E-state index is 0.0733. The van der Waals surface area contributed by atoms with Crippen molar-refractivity contribution in [2.45, 2.75) is 59.0 Å². The fraction of sp³-hybridized carbons (Fsp3) is 0.375. The van der Waals surface area contributed by atoms with Crippen molar-refractivity contribution < 1.29 is 18.0 Å². The Morgan fingerprint density at radius 1 is 0.951 bits per heavy atom. The second kappa shape index (κ2) is 15.0. The van der Waals surface area contributed by atoms with Gasteiger partial charge in [0.25, 0.3) is 0 Å². The van der Waals surface area contributed by atoms with Crippen molar-refractivity contribution in [2.75, 3.05) is 23.7 Å². The maximum Gasteiger partial charge on any atom is 0.243 e. The first-order valence-corrected chi connectivity index (χ1v) is 16.1. The zero-order chi connectivity index (χ0) is 30.0. The molecule has 1 N–H and O–H groups in total. The summed E-state index contributed by atoms with van der Waals surface area (Å²) in [6.07, 6.45) is 2.64. The van der Waals surface area contributed by atoms with Crippen LogP contribution in [0.25, 0.3) is 0 Å². The Bertz CT molecular complexity index is 1430. The van der Waals surface area contributed by atoms with Gasteiger partial charge in [-0.2, -0.15) is 0 Å². The second-order valence-corrected chi connectivity index (χ2v) is 12.7. The summed E-state index contributed by atoms with van der Waals surface area (Å²) < 4.78 is 26.7. The van der Waals surface area contributed by atoms with E-state index in [2.05, 4.69) is 5.32 Å². The Balaban J connectivity index is 1.90. The molecule has 9 heteroatoms. The SMILES string of the molecule is CCCNC(=O)[C@@H](Cc1ccccc1)N(Cc1ccccc1C)C(=O)CCCN(c1cc(Cl)ccc1C)S(C)(=O)=O. The molecule has 3 aromatic carbocycles. The van der Waals surface area contributed by atoms with E-state index in [1.165, 1.54) is 4.31 Å². The van der Waals surface area contributed by atoms with Crippen LogP contribution in [-0.2, 0) is 32.6 Å². The van der Waals surface area contributed by atoms with Crippen molar-refractivity contribution >= 4 is 39.1 Å². The summed E-state index contributed by atoms with van der Waals surface area (Å²) in [5.74, 6) is -0.415. The molecule has 220 valence electrons. The van der Waals surface area contributed by atoms with Gasteiger partial charge in [-0.1, -0.05) is 79.2 Å². The molecule has 0 spiro atoms. The molecule has 0 heterocycles. The van der Waals surface area contributed by atoms with Crippen LogP contribution < -0.4 is 9.62 Å². The summed E-state index contributed by atoms with van der Waals surface area (Å²) in [5, 5.41) is 3.41. The van der Waals surface area contributed by atoms with Crippen LogP contribution in [0.4, 0.5) is 5.69 Å². The highest BCUT2D eigenvalue weighted by atomic mass is 35.5. The number of hydrogen-bond acceptors (Lipinski definition) is 4. The Morgan fingerprint density at radius 2 is 1.63 bits per heavy atom. The number of amides is 2. The van der Waals surface area contributed by atoms with Gasteiger partial charge in [0, 0.05) is 37.5 Å². The van der Waals surface area contributed by atoms with E-state index in [0.717, 1.165) is 34.9 Å². The number of hydrogen-bond donors (Lipinski definition) is 1. The molecule has 0 fully saturated rings.